The monoisotopic (exact) mass is 385 g/mol. The van der Waals surface area contributed by atoms with E-state index in [1.807, 2.05) is 12.1 Å². The van der Waals surface area contributed by atoms with Crippen LogP contribution in [-0.2, 0) is 11.3 Å². The van der Waals surface area contributed by atoms with Crippen LogP contribution < -0.4 is 10.6 Å². The SMILES string of the molecule is O=C(O)C1CCCN(Cc2cc(Br)cc3c2NC(O)C(O)N3)C1. The van der Waals surface area contributed by atoms with Crippen molar-refractivity contribution in [2.75, 3.05) is 23.7 Å². The number of carboxylic acid groups (broad SMARTS) is 1. The largest absolute Gasteiger partial charge is 0.481 e. The summed E-state index contributed by atoms with van der Waals surface area (Å²) >= 11 is 3.45. The maximum Gasteiger partial charge on any atom is 0.307 e. The first-order valence-corrected chi connectivity index (χ1v) is 8.40. The number of likely N-dealkylation sites (tertiary alicyclic amines) is 1. The third-order valence-electron chi connectivity index (χ3n) is 4.33. The van der Waals surface area contributed by atoms with Gasteiger partial charge >= 0.3 is 5.97 Å². The first-order chi connectivity index (χ1) is 10.9. The van der Waals surface area contributed by atoms with Crippen LogP contribution in [0.15, 0.2) is 16.6 Å². The summed E-state index contributed by atoms with van der Waals surface area (Å²) in [6.07, 6.45) is -0.584. The molecule has 0 amide bonds. The number of piperidine rings is 1. The molecular formula is C15H20BrN3O4. The van der Waals surface area contributed by atoms with Crippen molar-refractivity contribution in [2.24, 2.45) is 5.92 Å². The lowest BCUT2D eigenvalue weighted by molar-refractivity contribution is -0.143. The van der Waals surface area contributed by atoms with Gasteiger partial charge in [0.05, 0.1) is 17.3 Å². The number of anilines is 2. The number of benzene rings is 1. The topological polar surface area (TPSA) is 105 Å². The smallest absolute Gasteiger partial charge is 0.307 e. The highest BCUT2D eigenvalue weighted by atomic mass is 79.9. The number of carboxylic acids is 1. The van der Waals surface area contributed by atoms with Gasteiger partial charge in [-0.2, -0.15) is 0 Å². The lowest BCUT2D eigenvalue weighted by atomic mass is 9.97. The Bertz CT molecular complexity index is 613. The number of fused-ring (bicyclic) bond motifs is 1. The Morgan fingerprint density at radius 1 is 1.30 bits per heavy atom. The summed E-state index contributed by atoms with van der Waals surface area (Å²) in [5.41, 5.74) is 2.39. The van der Waals surface area contributed by atoms with Gasteiger partial charge in [0, 0.05) is 17.6 Å². The van der Waals surface area contributed by atoms with Gasteiger partial charge in [-0.3, -0.25) is 9.69 Å². The average Bonchev–Trinajstić information content (AvgIpc) is 2.49. The van der Waals surface area contributed by atoms with Crippen LogP contribution in [0.3, 0.4) is 0 Å². The standard InChI is InChI=1S/C15H20BrN3O4/c16-10-4-9(7-19-3-1-2-8(6-19)15(22)23)12-11(5-10)17-13(20)14(21)18-12/h4-5,8,13-14,17-18,20-21H,1-3,6-7H2,(H,22,23). The van der Waals surface area contributed by atoms with E-state index in [0.29, 0.717) is 25.2 Å². The summed E-state index contributed by atoms with van der Waals surface area (Å²) in [4.78, 5) is 13.3. The fourth-order valence-corrected chi connectivity index (χ4v) is 3.68. The third-order valence-corrected chi connectivity index (χ3v) is 4.79. The lowest BCUT2D eigenvalue weighted by Gasteiger charge is -2.34. The van der Waals surface area contributed by atoms with E-state index in [2.05, 4.69) is 31.5 Å². The summed E-state index contributed by atoms with van der Waals surface area (Å²) in [7, 11) is 0. The van der Waals surface area contributed by atoms with Crippen molar-refractivity contribution in [3.05, 3.63) is 22.2 Å². The number of nitrogens with zero attached hydrogens (tertiary/aromatic N) is 1. The van der Waals surface area contributed by atoms with Crippen LogP contribution in [0.25, 0.3) is 0 Å². The minimum Gasteiger partial charge on any atom is -0.481 e. The van der Waals surface area contributed by atoms with E-state index in [4.69, 9.17) is 0 Å². The van der Waals surface area contributed by atoms with Crippen LogP contribution in [0.1, 0.15) is 18.4 Å². The van der Waals surface area contributed by atoms with E-state index in [0.717, 1.165) is 28.7 Å². The highest BCUT2D eigenvalue weighted by Gasteiger charge is 2.29. The number of halogens is 1. The second-order valence-corrected chi connectivity index (χ2v) is 6.99. The van der Waals surface area contributed by atoms with Crippen molar-refractivity contribution >= 4 is 33.3 Å². The van der Waals surface area contributed by atoms with Crippen LogP contribution in [0.4, 0.5) is 11.4 Å². The van der Waals surface area contributed by atoms with Gasteiger partial charge in [-0.1, -0.05) is 15.9 Å². The maximum atomic E-state index is 11.2. The second-order valence-electron chi connectivity index (χ2n) is 6.08. The molecule has 3 unspecified atom stereocenters. The number of hydrogen-bond acceptors (Lipinski definition) is 6. The molecule has 3 atom stereocenters. The molecule has 7 nitrogen and oxygen atoms in total. The Morgan fingerprint density at radius 2 is 2.04 bits per heavy atom. The van der Waals surface area contributed by atoms with Crippen molar-refractivity contribution in [1.29, 1.82) is 0 Å². The molecule has 0 saturated carbocycles. The molecule has 2 aliphatic rings. The summed E-state index contributed by atoms with van der Waals surface area (Å²) in [5, 5.41) is 34.5. The number of nitrogens with one attached hydrogen (secondary N) is 2. The first kappa shape index (κ1) is 16.5. The van der Waals surface area contributed by atoms with Crippen molar-refractivity contribution in [1.82, 2.24) is 4.90 Å². The highest BCUT2D eigenvalue weighted by Crippen LogP contribution is 2.35. The van der Waals surface area contributed by atoms with E-state index < -0.39 is 18.4 Å². The molecule has 23 heavy (non-hydrogen) atoms. The molecule has 1 fully saturated rings. The Balaban J connectivity index is 1.81. The molecule has 8 heteroatoms. The summed E-state index contributed by atoms with van der Waals surface area (Å²) in [5.74, 6) is -1.07. The summed E-state index contributed by atoms with van der Waals surface area (Å²) in [6.45, 7) is 1.96. The summed E-state index contributed by atoms with van der Waals surface area (Å²) in [6, 6.07) is 3.78. The zero-order valence-electron chi connectivity index (χ0n) is 12.5. The highest BCUT2D eigenvalue weighted by molar-refractivity contribution is 9.10. The van der Waals surface area contributed by atoms with E-state index >= 15 is 0 Å². The van der Waals surface area contributed by atoms with Crippen molar-refractivity contribution in [3.8, 4) is 0 Å². The molecule has 0 spiro atoms. The second kappa shape index (κ2) is 6.64. The molecule has 1 aromatic rings. The first-order valence-electron chi connectivity index (χ1n) is 7.61. The van der Waals surface area contributed by atoms with Gasteiger partial charge in [0.1, 0.15) is 0 Å². The molecule has 5 N–H and O–H groups in total. The number of aliphatic hydroxyl groups is 2. The van der Waals surface area contributed by atoms with Crippen molar-refractivity contribution in [2.45, 2.75) is 31.8 Å². The summed E-state index contributed by atoms with van der Waals surface area (Å²) < 4.78 is 0.857. The van der Waals surface area contributed by atoms with Gasteiger partial charge in [0.25, 0.3) is 0 Å². The predicted octanol–water partition coefficient (Wildman–Crippen LogP) is 1.22. The molecule has 126 valence electrons. The molecule has 2 aliphatic heterocycles. The van der Waals surface area contributed by atoms with Crippen molar-refractivity contribution in [3.63, 3.8) is 0 Å². The average molecular weight is 386 g/mol. The van der Waals surface area contributed by atoms with E-state index in [1.54, 1.807) is 0 Å². The molecule has 1 aromatic carbocycles. The Kier molecular flexibility index (Phi) is 4.77. The van der Waals surface area contributed by atoms with Crippen LogP contribution in [0, 0.1) is 5.92 Å². The molecular weight excluding hydrogens is 366 g/mol. The van der Waals surface area contributed by atoms with E-state index in [-0.39, 0.29) is 5.92 Å². The zero-order chi connectivity index (χ0) is 16.6. The Morgan fingerprint density at radius 3 is 2.78 bits per heavy atom. The quantitative estimate of drug-likeness (QED) is 0.532. The maximum absolute atomic E-state index is 11.2. The molecule has 2 heterocycles. The molecule has 0 aliphatic carbocycles. The van der Waals surface area contributed by atoms with Gasteiger partial charge in [0.2, 0.25) is 0 Å². The Hall–Kier alpha value is -1.35. The van der Waals surface area contributed by atoms with Gasteiger partial charge in [0.15, 0.2) is 12.5 Å². The zero-order valence-corrected chi connectivity index (χ0v) is 14.1. The van der Waals surface area contributed by atoms with Gasteiger partial charge in [-0.25, -0.2) is 0 Å². The molecule has 0 bridgehead atoms. The minimum absolute atomic E-state index is 0.328. The molecule has 1 saturated heterocycles. The molecule has 0 aromatic heterocycles. The number of rotatable bonds is 3. The molecule has 0 radical (unpaired) electrons. The fourth-order valence-electron chi connectivity index (χ4n) is 3.18. The minimum atomic E-state index is -1.09. The Labute approximate surface area is 142 Å². The molecule has 3 rings (SSSR count). The number of carbonyl (C=O) groups is 1. The normalized spacial score (nSPS) is 27.7. The van der Waals surface area contributed by atoms with Crippen LogP contribution in [0.5, 0.6) is 0 Å². The number of aliphatic carboxylic acids is 1. The predicted molar refractivity (Wildman–Crippen MR) is 89.0 cm³/mol. The fraction of sp³-hybridized carbons (Fsp3) is 0.533. The van der Waals surface area contributed by atoms with E-state index in [9.17, 15) is 20.1 Å². The lowest BCUT2D eigenvalue weighted by Crippen LogP contribution is -2.43. The van der Waals surface area contributed by atoms with Crippen LogP contribution in [0.2, 0.25) is 0 Å². The number of hydrogen-bond donors (Lipinski definition) is 5. The van der Waals surface area contributed by atoms with Crippen LogP contribution in [-0.4, -0.2) is 51.7 Å². The van der Waals surface area contributed by atoms with Gasteiger partial charge < -0.3 is 26.0 Å². The van der Waals surface area contributed by atoms with E-state index in [1.165, 1.54) is 0 Å². The third kappa shape index (κ3) is 3.60. The van der Waals surface area contributed by atoms with Gasteiger partial charge in [-0.15, -0.1) is 0 Å². The van der Waals surface area contributed by atoms with Crippen molar-refractivity contribution < 1.29 is 20.1 Å². The van der Waals surface area contributed by atoms with Crippen LogP contribution >= 0.6 is 15.9 Å². The van der Waals surface area contributed by atoms with Gasteiger partial charge in [-0.05, 0) is 37.1 Å². The number of aliphatic hydroxyl groups excluding tert-OH is 2.